The van der Waals surface area contributed by atoms with Gasteiger partial charge in [0.05, 0.1) is 0 Å². The van der Waals surface area contributed by atoms with Gasteiger partial charge in [0.25, 0.3) is 0 Å². The molecule has 3 saturated carbocycles. The Morgan fingerprint density at radius 1 is 0.487 bits per heavy atom. The summed E-state index contributed by atoms with van der Waals surface area (Å²) in [5.74, 6) is 4.59. The standard InChI is InChI=1S/C76H80N3.Ir/c1-49(2)53-14-16-54(17-15-53)55-18-20-58(21-19-55)69-43-74(61-10-8-7-9-11-61)77-46-64(69)13-12-50-38-51(44-75(3,4)65-32-36-72(78-47-65)62-30-34-67-56-22-26-59(27-23-56)70(67)41-62)40-52(39-50)45-76(5,6)66-33-37-73(79-48-66)63-31-35-68-57-24-28-60(29-25-57)71(68)42-63;/h7-10,18-21,32-43,46-49,53-54,56-57,59-60H,12-17,22-29,44-45H2,1-6H3;/q-3;+3/i12D2,13D2;. The Morgan fingerprint density at radius 2 is 0.988 bits per heavy atom. The number of hydrogen-bond acceptors (Lipinski definition) is 3. The van der Waals surface area contributed by atoms with Crippen molar-refractivity contribution in [1.82, 2.24) is 15.0 Å². The fourth-order valence-electron chi connectivity index (χ4n) is 15.0. The SMILES string of the molecule is [2H]C([2H])(c1cc(CC(C)(C)c2ccc(-c3[c-]cc4c(c3)C3CCC4CC3)nc2)cc(CC(C)(C)c2ccc(-c3[c-]cc4c(c3)C3CCC4CC3)nc2)c1)C([2H])([2H])c1cnc(-c2[c-]cccc2)cc1-c1ccc(C2CCC(C(C)C)CC2)cc1.[Ir+3]. The first-order valence-corrected chi connectivity index (χ1v) is 30.1. The number of nitrogens with zero attached hydrogens (tertiary/aromatic N) is 3. The van der Waals surface area contributed by atoms with E-state index in [9.17, 15) is 5.48 Å². The van der Waals surface area contributed by atoms with Crippen molar-refractivity contribution in [3.63, 3.8) is 0 Å². The molecule has 4 bridgehead atoms. The summed E-state index contributed by atoms with van der Waals surface area (Å²) in [6.07, 6.45) is 16.9. The molecule has 3 fully saturated rings. The molecule has 15 rings (SSSR count). The Balaban J connectivity index is 0.00000694. The Labute approximate surface area is 498 Å². The van der Waals surface area contributed by atoms with Gasteiger partial charge >= 0.3 is 20.1 Å². The molecule has 408 valence electrons. The van der Waals surface area contributed by atoms with E-state index in [2.05, 4.69) is 139 Å². The predicted octanol–water partition coefficient (Wildman–Crippen LogP) is 19.2. The second-order valence-corrected chi connectivity index (χ2v) is 26.3. The molecule has 0 N–H and O–H groups in total. The first-order chi connectivity index (χ1) is 39.9. The van der Waals surface area contributed by atoms with E-state index in [1.165, 1.54) is 105 Å². The van der Waals surface area contributed by atoms with Gasteiger partial charge in [-0.15, -0.1) is 106 Å². The van der Waals surface area contributed by atoms with Crippen molar-refractivity contribution in [2.45, 2.75) is 185 Å². The minimum absolute atomic E-state index is 0. The second-order valence-electron chi connectivity index (χ2n) is 26.3. The number of hydrogen-bond donors (Lipinski definition) is 0. The van der Waals surface area contributed by atoms with Crippen LogP contribution in [0.4, 0.5) is 0 Å². The van der Waals surface area contributed by atoms with Gasteiger partial charge < -0.3 is 15.0 Å². The van der Waals surface area contributed by atoms with E-state index in [1.807, 2.05) is 54.9 Å². The quantitative estimate of drug-likeness (QED) is 0.0960. The molecule has 0 saturated heterocycles. The van der Waals surface area contributed by atoms with Crippen molar-refractivity contribution in [1.29, 1.82) is 0 Å². The average Bonchev–Trinajstić information content (AvgIpc) is 2.33. The van der Waals surface area contributed by atoms with Crippen molar-refractivity contribution < 1.29 is 25.6 Å². The monoisotopic (exact) mass is 1230 g/mol. The molecule has 80 heavy (non-hydrogen) atoms. The van der Waals surface area contributed by atoms with Gasteiger partial charge in [0.2, 0.25) is 0 Å². The molecular formula is C76H80IrN3. The summed E-state index contributed by atoms with van der Waals surface area (Å²) >= 11 is 0. The molecule has 0 atom stereocenters. The summed E-state index contributed by atoms with van der Waals surface area (Å²) in [5, 5.41) is 0. The van der Waals surface area contributed by atoms with E-state index in [1.54, 1.807) is 6.20 Å². The number of benzene rings is 5. The van der Waals surface area contributed by atoms with E-state index >= 15 is 0 Å². The van der Waals surface area contributed by atoms with E-state index in [0.717, 1.165) is 61.8 Å². The average molecular weight is 1230 g/mol. The van der Waals surface area contributed by atoms with Crippen LogP contribution in [0.1, 0.15) is 215 Å². The molecule has 3 heterocycles. The maximum atomic E-state index is 10.2. The van der Waals surface area contributed by atoms with Crippen LogP contribution in [-0.2, 0) is 56.5 Å². The molecule has 0 unspecified atom stereocenters. The van der Waals surface area contributed by atoms with Crippen LogP contribution in [0.15, 0.2) is 140 Å². The van der Waals surface area contributed by atoms with E-state index in [0.29, 0.717) is 65.2 Å². The molecular weight excluding hydrogens is 1150 g/mol. The zero-order chi connectivity index (χ0) is 57.4. The van der Waals surface area contributed by atoms with Gasteiger partial charge in [0.1, 0.15) is 0 Å². The molecule has 5 aromatic carbocycles. The third-order valence-electron chi connectivity index (χ3n) is 19.9. The van der Waals surface area contributed by atoms with Crippen molar-refractivity contribution in [2.24, 2.45) is 11.8 Å². The van der Waals surface area contributed by atoms with E-state index in [4.69, 9.17) is 15.0 Å². The summed E-state index contributed by atoms with van der Waals surface area (Å²) in [6.45, 7) is 13.6. The van der Waals surface area contributed by atoms with Gasteiger partial charge in [-0.3, -0.25) is 0 Å². The molecule has 0 aliphatic heterocycles. The molecule has 4 heteroatoms. The van der Waals surface area contributed by atoms with Gasteiger partial charge in [-0.2, -0.15) is 0 Å². The zero-order valence-electron chi connectivity index (χ0n) is 51.9. The molecule has 3 aromatic heterocycles. The van der Waals surface area contributed by atoms with Crippen LogP contribution in [-0.4, -0.2) is 15.0 Å². The molecule has 7 aliphatic carbocycles. The van der Waals surface area contributed by atoms with E-state index in [-0.39, 0.29) is 25.7 Å². The first kappa shape index (κ1) is 50.0. The zero-order valence-corrected chi connectivity index (χ0v) is 50.3. The predicted molar refractivity (Wildman–Crippen MR) is 326 cm³/mol. The summed E-state index contributed by atoms with van der Waals surface area (Å²) in [5.41, 5.74) is 17.9. The largest absolute Gasteiger partial charge is 3.00 e. The van der Waals surface area contributed by atoms with Crippen molar-refractivity contribution in [3.05, 3.63) is 219 Å². The maximum Gasteiger partial charge on any atom is 3.00 e. The third kappa shape index (κ3) is 11.3. The van der Waals surface area contributed by atoms with Crippen LogP contribution in [0.3, 0.4) is 0 Å². The molecule has 0 radical (unpaired) electrons. The molecule has 8 aromatic rings. The number of pyridine rings is 3. The van der Waals surface area contributed by atoms with Gasteiger partial charge in [-0.25, -0.2) is 0 Å². The molecule has 0 amide bonds. The normalized spacial score (nSPS) is 22.3. The van der Waals surface area contributed by atoms with Crippen molar-refractivity contribution in [3.8, 4) is 44.9 Å². The number of aryl methyl sites for hydroxylation is 2. The first-order valence-electron chi connectivity index (χ1n) is 32.1. The molecule has 0 spiro atoms. The number of aromatic nitrogens is 3. The smallest absolute Gasteiger partial charge is 0.304 e. The summed E-state index contributed by atoms with van der Waals surface area (Å²) in [6, 6.07) is 52.8. The fraction of sp³-hybridized carbons (Fsp3) is 0.408. The fourth-order valence-corrected chi connectivity index (χ4v) is 15.0. The van der Waals surface area contributed by atoms with Gasteiger partial charge in [-0.05, 0) is 185 Å². The van der Waals surface area contributed by atoms with Gasteiger partial charge in [0, 0.05) is 24.1 Å². The van der Waals surface area contributed by atoms with Crippen LogP contribution in [0, 0.1) is 30.0 Å². The Bertz CT molecular complexity index is 3490. The maximum absolute atomic E-state index is 10.2. The van der Waals surface area contributed by atoms with Crippen LogP contribution in [0.2, 0.25) is 0 Å². The number of rotatable bonds is 15. The second kappa shape index (κ2) is 22.9. The minimum atomic E-state index is -2.52. The topological polar surface area (TPSA) is 38.7 Å². The minimum Gasteiger partial charge on any atom is -0.304 e. The summed E-state index contributed by atoms with van der Waals surface area (Å²) < 4.78 is 40.7. The van der Waals surface area contributed by atoms with Crippen LogP contribution < -0.4 is 0 Å². The van der Waals surface area contributed by atoms with Crippen LogP contribution in [0.5, 0.6) is 0 Å². The third-order valence-corrected chi connectivity index (χ3v) is 19.9. The van der Waals surface area contributed by atoms with Crippen LogP contribution >= 0.6 is 0 Å². The molecule has 7 aliphatic rings. The Hall–Kier alpha value is -5.80. The van der Waals surface area contributed by atoms with Crippen molar-refractivity contribution in [2.75, 3.05) is 0 Å². The summed E-state index contributed by atoms with van der Waals surface area (Å²) in [7, 11) is 0. The van der Waals surface area contributed by atoms with Gasteiger partial charge in [0.15, 0.2) is 0 Å². The number of fused-ring (bicyclic) bond motifs is 4. The van der Waals surface area contributed by atoms with E-state index < -0.39 is 23.6 Å². The van der Waals surface area contributed by atoms with Gasteiger partial charge in [-0.1, -0.05) is 152 Å². The van der Waals surface area contributed by atoms with Crippen molar-refractivity contribution >= 4 is 0 Å². The Kier molecular flexibility index (Phi) is 14.3. The summed E-state index contributed by atoms with van der Waals surface area (Å²) in [4.78, 5) is 15.0. The Morgan fingerprint density at radius 3 is 1.48 bits per heavy atom. The van der Waals surface area contributed by atoms with Crippen LogP contribution in [0.25, 0.3) is 44.9 Å². The molecule has 3 nitrogen and oxygen atoms in total.